The molecule has 1 unspecified atom stereocenters. The summed E-state index contributed by atoms with van der Waals surface area (Å²) in [6.07, 6.45) is 4.10. The zero-order valence-corrected chi connectivity index (χ0v) is 13.2. The van der Waals surface area contributed by atoms with Gasteiger partial charge >= 0.3 is 0 Å². The van der Waals surface area contributed by atoms with Crippen LogP contribution in [0, 0.1) is 0 Å². The van der Waals surface area contributed by atoms with Gasteiger partial charge in [0.2, 0.25) is 11.8 Å². The summed E-state index contributed by atoms with van der Waals surface area (Å²) in [6.45, 7) is 9.09. The Morgan fingerprint density at radius 2 is 1.65 bits per heavy atom. The molecule has 20 heavy (non-hydrogen) atoms. The second kappa shape index (κ2) is 8.95. The summed E-state index contributed by atoms with van der Waals surface area (Å²) in [5, 5.41) is 3.47. The van der Waals surface area contributed by atoms with Gasteiger partial charge in [-0.15, -0.1) is 0 Å². The summed E-state index contributed by atoms with van der Waals surface area (Å²) >= 11 is 0. The molecule has 0 aromatic rings. The minimum Gasteiger partial charge on any atom is -0.332 e. The fourth-order valence-electron chi connectivity index (χ4n) is 2.56. The van der Waals surface area contributed by atoms with E-state index in [1.807, 2.05) is 6.92 Å². The first-order valence-corrected chi connectivity index (χ1v) is 7.91. The van der Waals surface area contributed by atoms with Crippen LogP contribution in [-0.2, 0) is 9.59 Å². The van der Waals surface area contributed by atoms with E-state index in [4.69, 9.17) is 0 Å². The third-order valence-electron chi connectivity index (χ3n) is 3.61. The molecular formula is C15H29N3O2. The monoisotopic (exact) mass is 283 g/mol. The highest BCUT2D eigenvalue weighted by Gasteiger charge is 2.30. The topological polar surface area (TPSA) is 52.7 Å². The van der Waals surface area contributed by atoms with E-state index in [2.05, 4.69) is 19.2 Å². The normalized spacial score (nSPS) is 17.8. The van der Waals surface area contributed by atoms with Gasteiger partial charge in [0.15, 0.2) is 0 Å². The molecule has 1 atom stereocenters. The number of carbonyl (C=O) groups excluding carboxylic acids is 2. The van der Waals surface area contributed by atoms with Gasteiger partial charge in [0, 0.05) is 19.1 Å². The molecule has 2 amide bonds. The van der Waals surface area contributed by atoms with Gasteiger partial charge in [0.25, 0.3) is 0 Å². The van der Waals surface area contributed by atoms with E-state index in [0.717, 1.165) is 32.2 Å². The Morgan fingerprint density at radius 1 is 1.00 bits per heavy atom. The zero-order chi connectivity index (χ0) is 15.0. The van der Waals surface area contributed by atoms with E-state index < -0.39 is 0 Å². The van der Waals surface area contributed by atoms with Crippen molar-refractivity contribution in [2.75, 3.05) is 32.7 Å². The van der Waals surface area contributed by atoms with Crippen LogP contribution in [0.2, 0.25) is 0 Å². The van der Waals surface area contributed by atoms with Crippen LogP contribution in [0.3, 0.4) is 0 Å². The molecule has 1 saturated heterocycles. The Balaban J connectivity index is 2.53. The van der Waals surface area contributed by atoms with E-state index in [1.165, 1.54) is 0 Å². The first kappa shape index (κ1) is 17.0. The highest BCUT2D eigenvalue weighted by molar-refractivity contribution is 5.92. The molecule has 0 aromatic heterocycles. The van der Waals surface area contributed by atoms with Crippen molar-refractivity contribution in [2.24, 2.45) is 0 Å². The Labute approximate surface area is 122 Å². The second-order valence-electron chi connectivity index (χ2n) is 5.53. The molecule has 0 radical (unpaired) electrons. The maximum atomic E-state index is 12.1. The van der Waals surface area contributed by atoms with E-state index in [-0.39, 0.29) is 24.9 Å². The van der Waals surface area contributed by atoms with E-state index in [1.54, 1.807) is 9.80 Å². The van der Waals surface area contributed by atoms with Gasteiger partial charge in [-0.05, 0) is 25.8 Å². The Kier molecular flexibility index (Phi) is 7.59. The Morgan fingerprint density at radius 3 is 2.25 bits per heavy atom. The molecular weight excluding hydrogens is 254 g/mol. The van der Waals surface area contributed by atoms with Gasteiger partial charge in [-0.25, -0.2) is 0 Å². The van der Waals surface area contributed by atoms with Crippen molar-refractivity contribution in [3.63, 3.8) is 0 Å². The first-order valence-electron chi connectivity index (χ1n) is 7.91. The number of hydrogen-bond donors (Lipinski definition) is 1. The van der Waals surface area contributed by atoms with Crippen LogP contribution >= 0.6 is 0 Å². The highest BCUT2D eigenvalue weighted by atomic mass is 16.2. The first-order chi connectivity index (χ1) is 9.62. The van der Waals surface area contributed by atoms with Crippen molar-refractivity contribution in [1.29, 1.82) is 0 Å². The molecule has 5 heteroatoms. The molecule has 0 saturated carbocycles. The van der Waals surface area contributed by atoms with Crippen molar-refractivity contribution in [1.82, 2.24) is 15.1 Å². The lowest BCUT2D eigenvalue weighted by molar-refractivity contribution is -0.150. The SMILES string of the molecule is CCCNC(CCC)CN1CC(=O)N(CCC)CC1=O. The van der Waals surface area contributed by atoms with Crippen LogP contribution in [0.15, 0.2) is 0 Å². The smallest absolute Gasteiger partial charge is 0.242 e. The third-order valence-corrected chi connectivity index (χ3v) is 3.61. The summed E-state index contributed by atoms with van der Waals surface area (Å²) in [5.41, 5.74) is 0. The van der Waals surface area contributed by atoms with Gasteiger partial charge in [-0.2, -0.15) is 0 Å². The lowest BCUT2D eigenvalue weighted by Gasteiger charge is -2.35. The van der Waals surface area contributed by atoms with Crippen molar-refractivity contribution >= 4 is 11.8 Å². The molecule has 0 spiro atoms. The molecule has 5 nitrogen and oxygen atoms in total. The largest absolute Gasteiger partial charge is 0.332 e. The quantitative estimate of drug-likeness (QED) is 0.692. The summed E-state index contributed by atoms with van der Waals surface area (Å²) in [4.78, 5) is 27.5. The van der Waals surface area contributed by atoms with E-state index in [9.17, 15) is 9.59 Å². The predicted molar refractivity (Wildman–Crippen MR) is 80.4 cm³/mol. The average molecular weight is 283 g/mol. The van der Waals surface area contributed by atoms with Crippen molar-refractivity contribution in [2.45, 2.75) is 52.5 Å². The Hall–Kier alpha value is -1.10. The fourth-order valence-corrected chi connectivity index (χ4v) is 2.56. The molecule has 1 heterocycles. The number of carbonyl (C=O) groups is 2. The zero-order valence-electron chi connectivity index (χ0n) is 13.2. The third kappa shape index (κ3) is 5.12. The van der Waals surface area contributed by atoms with Crippen LogP contribution in [0.1, 0.15) is 46.5 Å². The van der Waals surface area contributed by atoms with Gasteiger partial charge in [-0.3, -0.25) is 9.59 Å². The molecule has 1 aliphatic rings. The second-order valence-corrected chi connectivity index (χ2v) is 5.53. The molecule has 0 aromatic carbocycles. The van der Waals surface area contributed by atoms with Crippen LogP contribution < -0.4 is 5.32 Å². The van der Waals surface area contributed by atoms with Gasteiger partial charge in [0.1, 0.15) is 0 Å². The predicted octanol–water partition coefficient (Wildman–Crippen LogP) is 1.24. The number of hydrogen-bond acceptors (Lipinski definition) is 3. The van der Waals surface area contributed by atoms with E-state index in [0.29, 0.717) is 19.1 Å². The van der Waals surface area contributed by atoms with Gasteiger partial charge in [-0.1, -0.05) is 27.2 Å². The number of amides is 2. The standard InChI is InChI=1S/C15H29N3O2/c1-4-7-13(16-8-5-2)10-18-12-14(19)17(9-6-3)11-15(18)20/h13,16H,4-12H2,1-3H3. The van der Waals surface area contributed by atoms with Crippen molar-refractivity contribution in [3.05, 3.63) is 0 Å². The number of nitrogens with one attached hydrogen (secondary N) is 1. The maximum Gasteiger partial charge on any atom is 0.242 e. The minimum absolute atomic E-state index is 0.0807. The van der Waals surface area contributed by atoms with Crippen LogP contribution in [0.5, 0.6) is 0 Å². The summed E-state index contributed by atoms with van der Waals surface area (Å²) in [6, 6.07) is 0.300. The molecule has 1 aliphatic heterocycles. The van der Waals surface area contributed by atoms with Crippen LogP contribution in [-0.4, -0.2) is 60.4 Å². The maximum absolute atomic E-state index is 12.1. The van der Waals surface area contributed by atoms with Crippen LogP contribution in [0.4, 0.5) is 0 Å². The summed E-state index contributed by atoms with van der Waals surface area (Å²) in [7, 11) is 0. The molecule has 1 fully saturated rings. The van der Waals surface area contributed by atoms with E-state index >= 15 is 0 Å². The number of rotatable bonds is 9. The minimum atomic E-state index is 0.0807. The van der Waals surface area contributed by atoms with Crippen molar-refractivity contribution in [3.8, 4) is 0 Å². The Bertz CT molecular complexity index is 320. The van der Waals surface area contributed by atoms with Crippen LogP contribution in [0.25, 0.3) is 0 Å². The summed E-state index contributed by atoms with van der Waals surface area (Å²) < 4.78 is 0. The molecule has 116 valence electrons. The van der Waals surface area contributed by atoms with Gasteiger partial charge in [0.05, 0.1) is 13.1 Å². The fraction of sp³-hybridized carbons (Fsp3) is 0.867. The number of piperazine rings is 1. The lowest BCUT2D eigenvalue weighted by Crippen LogP contribution is -2.56. The lowest BCUT2D eigenvalue weighted by atomic mass is 10.1. The molecule has 1 rings (SSSR count). The van der Waals surface area contributed by atoms with Crippen molar-refractivity contribution < 1.29 is 9.59 Å². The number of nitrogens with zero attached hydrogens (tertiary/aromatic N) is 2. The molecule has 0 aliphatic carbocycles. The average Bonchev–Trinajstić information content (AvgIpc) is 2.42. The summed E-state index contributed by atoms with van der Waals surface area (Å²) in [5.74, 6) is 0.162. The van der Waals surface area contributed by atoms with Gasteiger partial charge < -0.3 is 15.1 Å². The highest BCUT2D eigenvalue weighted by Crippen LogP contribution is 2.08. The molecule has 0 bridgehead atoms. The molecule has 1 N–H and O–H groups in total.